The van der Waals surface area contributed by atoms with E-state index in [0.717, 1.165) is 17.1 Å². The van der Waals surface area contributed by atoms with Crippen molar-refractivity contribution in [1.82, 2.24) is 9.88 Å². The third-order valence-corrected chi connectivity index (χ3v) is 4.18. The van der Waals surface area contributed by atoms with Crippen molar-refractivity contribution in [3.05, 3.63) is 51.5 Å². The Kier molecular flexibility index (Phi) is 4.90. The average molecular weight is 288 g/mol. The molecule has 1 heterocycles. The number of rotatable bonds is 5. The summed E-state index contributed by atoms with van der Waals surface area (Å²) in [7, 11) is 1.84. The molecule has 1 amide bonds. The molecular formula is C16H20N2OS. The number of hydrogen-bond acceptors (Lipinski definition) is 3. The van der Waals surface area contributed by atoms with Gasteiger partial charge in [-0.1, -0.05) is 24.3 Å². The third kappa shape index (κ3) is 3.90. The second-order valence-electron chi connectivity index (χ2n) is 5.03. The minimum Gasteiger partial charge on any atom is -0.340 e. The van der Waals surface area contributed by atoms with Crippen LogP contribution in [0.2, 0.25) is 0 Å². The van der Waals surface area contributed by atoms with E-state index in [0.29, 0.717) is 13.0 Å². The predicted molar refractivity (Wildman–Crippen MR) is 82.8 cm³/mol. The van der Waals surface area contributed by atoms with E-state index < -0.39 is 0 Å². The summed E-state index contributed by atoms with van der Waals surface area (Å²) in [5, 5.41) is 3.06. The fourth-order valence-corrected chi connectivity index (χ4v) is 2.74. The fraction of sp³-hybridized carbons (Fsp3) is 0.375. The number of aromatic nitrogens is 1. The molecule has 0 saturated heterocycles. The molecule has 4 heteroatoms. The van der Waals surface area contributed by atoms with E-state index in [4.69, 9.17) is 0 Å². The maximum Gasteiger partial charge on any atom is 0.222 e. The van der Waals surface area contributed by atoms with E-state index in [-0.39, 0.29) is 5.91 Å². The lowest BCUT2D eigenvalue weighted by atomic mass is 10.0. The van der Waals surface area contributed by atoms with Gasteiger partial charge in [0.2, 0.25) is 5.91 Å². The molecule has 0 aliphatic heterocycles. The van der Waals surface area contributed by atoms with Gasteiger partial charge in [-0.3, -0.25) is 4.79 Å². The van der Waals surface area contributed by atoms with Gasteiger partial charge in [0.25, 0.3) is 0 Å². The van der Waals surface area contributed by atoms with Crippen LogP contribution in [0.15, 0.2) is 29.6 Å². The van der Waals surface area contributed by atoms with E-state index in [1.165, 1.54) is 11.1 Å². The molecule has 0 fully saturated rings. The number of aryl methyl sites for hydroxylation is 3. The Hall–Kier alpha value is -1.68. The van der Waals surface area contributed by atoms with Gasteiger partial charge in [0, 0.05) is 18.8 Å². The van der Waals surface area contributed by atoms with E-state index in [1.807, 2.05) is 31.5 Å². The van der Waals surface area contributed by atoms with Crippen molar-refractivity contribution in [2.75, 3.05) is 7.05 Å². The molecule has 3 nitrogen and oxygen atoms in total. The van der Waals surface area contributed by atoms with Gasteiger partial charge in [0.05, 0.1) is 17.2 Å². The van der Waals surface area contributed by atoms with Crippen LogP contribution in [-0.2, 0) is 17.8 Å². The van der Waals surface area contributed by atoms with Crippen LogP contribution in [0.3, 0.4) is 0 Å². The monoisotopic (exact) mass is 288 g/mol. The summed E-state index contributed by atoms with van der Waals surface area (Å²) < 4.78 is 0. The second-order valence-corrected chi connectivity index (χ2v) is 6.10. The van der Waals surface area contributed by atoms with Crippen LogP contribution in [0.25, 0.3) is 0 Å². The van der Waals surface area contributed by atoms with Gasteiger partial charge in [-0.2, -0.15) is 0 Å². The number of benzene rings is 1. The van der Waals surface area contributed by atoms with Gasteiger partial charge in [-0.25, -0.2) is 4.98 Å². The molecule has 1 aromatic heterocycles. The number of thiazole rings is 1. The van der Waals surface area contributed by atoms with Crippen molar-refractivity contribution >= 4 is 17.2 Å². The summed E-state index contributed by atoms with van der Waals surface area (Å²) in [6.07, 6.45) is 1.34. The topological polar surface area (TPSA) is 33.2 Å². The zero-order valence-corrected chi connectivity index (χ0v) is 13.0. The molecule has 0 aliphatic rings. The van der Waals surface area contributed by atoms with Gasteiger partial charge in [-0.15, -0.1) is 11.3 Å². The number of carbonyl (C=O) groups excluding carboxylic acids is 1. The van der Waals surface area contributed by atoms with E-state index in [1.54, 1.807) is 16.2 Å². The summed E-state index contributed by atoms with van der Waals surface area (Å²) >= 11 is 1.62. The van der Waals surface area contributed by atoms with Gasteiger partial charge in [0.1, 0.15) is 0 Å². The highest BCUT2D eigenvalue weighted by molar-refractivity contribution is 7.09. The zero-order valence-electron chi connectivity index (χ0n) is 12.2. The second kappa shape index (κ2) is 6.66. The molecule has 0 atom stereocenters. The van der Waals surface area contributed by atoms with Crippen LogP contribution in [0.1, 0.15) is 28.2 Å². The summed E-state index contributed by atoms with van der Waals surface area (Å²) in [6, 6.07) is 8.22. The van der Waals surface area contributed by atoms with Crippen LogP contribution in [0, 0.1) is 13.8 Å². The molecule has 0 spiro atoms. The smallest absolute Gasteiger partial charge is 0.222 e. The molecule has 0 saturated carbocycles. The van der Waals surface area contributed by atoms with E-state index in [2.05, 4.69) is 24.0 Å². The first kappa shape index (κ1) is 14.7. The molecule has 0 aliphatic carbocycles. The van der Waals surface area contributed by atoms with Gasteiger partial charge < -0.3 is 4.90 Å². The first-order valence-electron chi connectivity index (χ1n) is 6.75. The molecule has 0 radical (unpaired) electrons. The van der Waals surface area contributed by atoms with Crippen LogP contribution >= 0.6 is 11.3 Å². The van der Waals surface area contributed by atoms with Crippen LogP contribution in [0.4, 0.5) is 0 Å². The highest BCUT2D eigenvalue weighted by Gasteiger charge is 2.11. The average Bonchev–Trinajstić information content (AvgIpc) is 2.82. The van der Waals surface area contributed by atoms with Crippen molar-refractivity contribution in [2.24, 2.45) is 0 Å². The fourth-order valence-electron chi connectivity index (χ4n) is 2.14. The standard InChI is InChI=1S/C16H20N2OS/c1-12-6-4-5-7-14(12)8-9-16(19)18(3)10-15-11-20-13(2)17-15/h4-7,11H,8-10H2,1-3H3. The molecule has 2 rings (SSSR count). The summed E-state index contributed by atoms with van der Waals surface area (Å²) in [6.45, 7) is 4.66. The summed E-state index contributed by atoms with van der Waals surface area (Å²) in [5.41, 5.74) is 3.47. The molecule has 0 bridgehead atoms. The molecule has 20 heavy (non-hydrogen) atoms. The first-order chi connectivity index (χ1) is 9.56. The minimum absolute atomic E-state index is 0.166. The Morgan fingerprint density at radius 3 is 2.70 bits per heavy atom. The van der Waals surface area contributed by atoms with Crippen LogP contribution in [-0.4, -0.2) is 22.8 Å². The SMILES string of the molecule is Cc1nc(CN(C)C(=O)CCc2ccccc2C)cs1. The Balaban J connectivity index is 1.87. The molecule has 1 aromatic carbocycles. The van der Waals surface area contributed by atoms with Gasteiger partial charge in [-0.05, 0) is 31.4 Å². The van der Waals surface area contributed by atoms with E-state index >= 15 is 0 Å². The van der Waals surface area contributed by atoms with Crippen molar-refractivity contribution < 1.29 is 4.79 Å². The molecule has 0 N–H and O–H groups in total. The van der Waals surface area contributed by atoms with Crippen molar-refractivity contribution in [2.45, 2.75) is 33.2 Å². The maximum absolute atomic E-state index is 12.1. The lowest BCUT2D eigenvalue weighted by Crippen LogP contribution is -2.26. The third-order valence-electron chi connectivity index (χ3n) is 3.36. The predicted octanol–water partition coefficient (Wildman–Crippen LogP) is 3.35. The first-order valence-corrected chi connectivity index (χ1v) is 7.63. The largest absolute Gasteiger partial charge is 0.340 e. The van der Waals surface area contributed by atoms with Gasteiger partial charge >= 0.3 is 0 Å². The zero-order chi connectivity index (χ0) is 14.5. The van der Waals surface area contributed by atoms with Crippen molar-refractivity contribution in [3.8, 4) is 0 Å². The summed E-state index contributed by atoms with van der Waals surface area (Å²) in [5.74, 6) is 0.166. The summed E-state index contributed by atoms with van der Waals surface area (Å²) in [4.78, 5) is 18.3. The van der Waals surface area contributed by atoms with Crippen molar-refractivity contribution in [3.63, 3.8) is 0 Å². The molecule has 106 valence electrons. The Morgan fingerprint density at radius 2 is 2.05 bits per heavy atom. The Labute approximate surface area is 124 Å². The quantitative estimate of drug-likeness (QED) is 0.845. The van der Waals surface area contributed by atoms with Crippen molar-refractivity contribution in [1.29, 1.82) is 0 Å². The number of amides is 1. The highest BCUT2D eigenvalue weighted by Crippen LogP contribution is 2.12. The number of nitrogens with zero attached hydrogens (tertiary/aromatic N) is 2. The van der Waals surface area contributed by atoms with Crippen LogP contribution in [0.5, 0.6) is 0 Å². The van der Waals surface area contributed by atoms with Gasteiger partial charge in [0.15, 0.2) is 0 Å². The van der Waals surface area contributed by atoms with E-state index in [9.17, 15) is 4.79 Å². The lowest BCUT2D eigenvalue weighted by molar-refractivity contribution is -0.130. The molecular weight excluding hydrogens is 268 g/mol. The normalized spacial score (nSPS) is 10.6. The van der Waals surface area contributed by atoms with Crippen LogP contribution < -0.4 is 0 Å². The number of hydrogen-bond donors (Lipinski definition) is 0. The highest BCUT2D eigenvalue weighted by atomic mass is 32.1. The molecule has 0 unspecified atom stereocenters. The Bertz CT molecular complexity index is 592. The minimum atomic E-state index is 0.166. The lowest BCUT2D eigenvalue weighted by Gasteiger charge is -2.16. The molecule has 2 aromatic rings. The maximum atomic E-state index is 12.1. The number of carbonyl (C=O) groups is 1. The Morgan fingerprint density at radius 1 is 1.30 bits per heavy atom.